The summed E-state index contributed by atoms with van der Waals surface area (Å²) < 4.78 is 4.73. The van der Waals surface area contributed by atoms with Crippen LogP contribution in [0.15, 0.2) is 10.7 Å². The molecule has 0 bridgehead atoms. The number of hydrogen-bond acceptors (Lipinski definition) is 4. The van der Waals surface area contributed by atoms with E-state index >= 15 is 0 Å². The van der Waals surface area contributed by atoms with Gasteiger partial charge < -0.3 is 14.9 Å². The summed E-state index contributed by atoms with van der Waals surface area (Å²) in [5, 5.41) is 14.4. The number of aromatic nitrogens is 1. The van der Waals surface area contributed by atoms with Crippen molar-refractivity contribution in [1.29, 1.82) is 0 Å². The Morgan fingerprint density at radius 2 is 2.33 bits per heavy atom. The highest BCUT2D eigenvalue weighted by atomic mass is 16.5. The molecule has 6 heteroatoms. The van der Waals surface area contributed by atoms with Gasteiger partial charge in [0.15, 0.2) is 0 Å². The van der Waals surface area contributed by atoms with Gasteiger partial charge in [0.25, 0.3) is 5.91 Å². The predicted molar refractivity (Wildman–Crippen MR) is 50.4 cm³/mol. The molecule has 1 heterocycles. The zero-order valence-electron chi connectivity index (χ0n) is 8.32. The lowest BCUT2D eigenvalue weighted by Crippen LogP contribution is -2.25. The van der Waals surface area contributed by atoms with Crippen LogP contribution in [0.4, 0.5) is 0 Å². The minimum atomic E-state index is -0.870. The van der Waals surface area contributed by atoms with Gasteiger partial charge in [-0.1, -0.05) is 5.16 Å². The van der Waals surface area contributed by atoms with Gasteiger partial charge in [0.2, 0.25) is 0 Å². The zero-order valence-corrected chi connectivity index (χ0v) is 8.32. The Morgan fingerprint density at radius 3 is 2.87 bits per heavy atom. The average molecular weight is 212 g/mol. The number of hydrogen-bond donors (Lipinski definition) is 2. The van der Waals surface area contributed by atoms with Crippen molar-refractivity contribution < 1.29 is 19.2 Å². The predicted octanol–water partition coefficient (Wildman–Crippen LogP) is 0.578. The molecule has 0 spiro atoms. The first-order chi connectivity index (χ1) is 7.11. The number of aryl methyl sites for hydroxylation is 1. The standard InChI is InChI=1S/C9H12N2O4/c1-6-7(5-11-15-6)9(14)10-4-2-3-8(12)13/h5H,2-4H2,1H3,(H,10,14)(H,12,13). The number of rotatable bonds is 5. The molecule has 0 aliphatic rings. The van der Waals surface area contributed by atoms with Crippen molar-refractivity contribution in [3.05, 3.63) is 17.5 Å². The van der Waals surface area contributed by atoms with Gasteiger partial charge in [-0.25, -0.2) is 0 Å². The Labute approximate surface area is 86.3 Å². The maximum absolute atomic E-state index is 11.4. The van der Waals surface area contributed by atoms with E-state index in [1.165, 1.54) is 6.20 Å². The molecular formula is C9H12N2O4. The monoisotopic (exact) mass is 212 g/mol. The molecule has 1 rings (SSSR count). The number of amides is 1. The van der Waals surface area contributed by atoms with Crippen LogP contribution in [0.3, 0.4) is 0 Å². The minimum Gasteiger partial charge on any atom is -0.481 e. The van der Waals surface area contributed by atoms with Crippen LogP contribution in [0.1, 0.15) is 29.0 Å². The first kappa shape index (κ1) is 11.2. The quantitative estimate of drug-likeness (QED) is 0.696. The summed E-state index contributed by atoms with van der Waals surface area (Å²) in [6.45, 7) is 1.97. The van der Waals surface area contributed by atoms with E-state index in [1.807, 2.05) is 0 Å². The molecule has 2 N–H and O–H groups in total. The van der Waals surface area contributed by atoms with Gasteiger partial charge in [-0.15, -0.1) is 0 Å². The Hall–Kier alpha value is -1.85. The second kappa shape index (κ2) is 5.14. The molecule has 0 atom stereocenters. The van der Waals surface area contributed by atoms with Gasteiger partial charge >= 0.3 is 5.97 Å². The summed E-state index contributed by atoms with van der Waals surface area (Å²) in [6, 6.07) is 0. The molecule has 0 radical (unpaired) electrons. The van der Waals surface area contributed by atoms with Crippen molar-refractivity contribution in [3.63, 3.8) is 0 Å². The second-order valence-corrected chi connectivity index (χ2v) is 3.05. The van der Waals surface area contributed by atoms with Crippen molar-refractivity contribution >= 4 is 11.9 Å². The van der Waals surface area contributed by atoms with E-state index < -0.39 is 5.97 Å². The largest absolute Gasteiger partial charge is 0.481 e. The average Bonchev–Trinajstić information content (AvgIpc) is 2.58. The van der Waals surface area contributed by atoms with E-state index in [1.54, 1.807) is 6.92 Å². The first-order valence-electron chi connectivity index (χ1n) is 4.52. The Bertz CT molecular complexity index is 359. The fraction of sp³-hybridized carbons (Fsp3) is 0.444. The minimum absolute atomic E-state index is 0.0445. The summed E-state index contributed by atoms with van der Waals surface area (Å²) in [5.41, 5.74) is 0.380. The molecular weight excluding hydrogens is 200 g/mol. The summed E-state index contributed by atoms with van der Waals surface area (Å²) in [4.78, 5) is 21.6. The van der Waals surface area contributed by atoms with Gasteiger partial charge in [0.05, 0.1) is 6.20 Å². The molecule has 1 aromatic heterocycles. The zero-order chi connectivity index (χ0) is 11.3. The number of nitrogens with one attached hydrogen (secondary N) is 1. The summed E-state index contributed by atoms with van der Waals surface area (Å²) in [5.74, 6) is -0.713. The number of carbonyl (C=O) groups is 2. The molecule has 1 amide bonds. The second-order valence-electron chi connectivity index (χ2n) is 3.05. The molecule has 6 nitrogen and oxygen atoms in total. The molecule has 82 valence electrons. The van der Waals surface area contributed by atoms with Crippen molar-refractivity contribution in [2.24, 2.45) is 0 Å². The molecule has 0 fully saturated rings. The van der Waals surface area contributed by atoms with E-state index in [4.69, 9.17) is 9.63 Å². The summed E-state index contributed by atoms with van der Waals surface area (Å²) in [7, 11) is 0. The van der Waals surface area contributed by atoms with E-state index in [0.29, 0.717) is 24.3 Å². The number of nitrogens with zero attached hydrogens (tertiary/aromatic N) is 1. The first-order valence-corrected chi connectivity index (χ1v) is 4.52. The number of aliphatic carboxylic acids is 1. The maximum Gasteiger partial charge on any atom is 0.303 e. The third-order valence-corrected chi connectivity index (χ3v) is 1.85. The van der Waals surface area contributed by atoms with Crippen LogP contribution in [-0.2, 0) is 4.79 Å². The van der Waals surface area contributed by atoms with E-state index in [0.717, 1.165) is 0 Å². The lowest BCUT2D eigenvalue weighted by Gasteiger charge is -2.01. The van der Waals surface area contributed by atoms with E-state index in [2.05, 4.69) is 10.5 Å². The number of carboxylic acids is 1. The highest BCUT2D eigenvalue weighted by Gasteiger charge is 2.11. The van der Waals surface area contributed by atoms with Gasteiger partial charge in [-0.3, -0.25) is 9.59 Å². The SMILES string of the molecule is Cc1oncc1C(=O)NCCCC(=O)O. The number of carbonyl (C=O) groups excluding carboxylic acids is 1. The summed E-state index contributed by atoms with van der Waals surface area (Å²) in [6.07, 6.45) is 1.79. The molecule has 0 aliphatic heterocycles. The fourth-order valence-electron chi connectivity index (χ4n) is 1.05. The third-order valence-electron chi connectivity index (χ3n) is 1.85. The Kier molecular flexibility index (Phi) is 3.84. The fourth-order valence-corrected chi connectivity index (χ4v) is 1.05. The van der Waals surface area contributed by atoms with Crippen LogP contribution in [0.2, 0.25) is 0 Å². The van der Waals surface area contributed by atoms with Crippen LogP contribution in [0, 0.1) is 6.92 Å². The smallest absolute Gasteiger partial charge is 0.303 e. The highest BCUT2D eigenvalue weighted by Crippen LogP contribution is 2.04. The van der Waals surface area contributed by atoms with Crippen molar-refractivity contribution in [3.8, 4) is 0 Å². The topological polar surface area (TPSA) is 92.4 Å². The van der Waals surface area contributed by atoms with Gasteiger partial charge in [-0.05, 0) is 13.3 Å². The molecule has 0 saturated carbocycles. The Balaban J connectivity index is 2.31. The third kappa shape index (κ3) is 3.41. The van der Waals surface area contributed by atoms with Crippen LogP contribution >= 0.6 is 0 Å². The van der Waals surface area contributed by atoms with Crippen molar-refractivity contribution in [2.75, 3.05) is 6.54 Å². The van der Waals surface area contributed by atoms with Crippen LogP contribution in [0.5, 0.6) is 0 Å². The van der Waals surface area contributed by atoms with Gasteiger partial charge in [0.1, 0.15) is 11.3 Å². The normalized spacial score (nSPS) is 9.93. The van der Waals surface area contributed by atoms with Crippen molar-refractivity contribution in [1.82, 2.24) is 10.5 Å². The lowest BCUT2D eigenvalue weighted by molar-refractivity contribution is -0.137. The van der Waals surface area contributed by atoms with Crippen LogP contribution in [0.25, 0.3) is 0 Å². The summed E-state index contributed by atoms with van der Waals surface area (Å²) >= 11 is 0. The lowest BCUT2D eigenvalue weighted by atomic mass is 10.2. The van der Waals surface area contributed by atoms with E-state index in [-0.39, 0.29) is 12.3 Å². The molecule has 1 aromatic rings. The van der Waals surface area contributed by atoms with Crippen molar-refractivity contribution in [2.45, 2.75) is 19.8 Å². The van der Waals surface area contributed by atoms with E-state index in [9.17, 15) is 9.59 Å². The maximum atomic E-state index is 11.4. The van der Waals surface area contributed by atoms with Crippen LogP contribution < -0.4 is 5.32 Å². The Morgan fingerprint density at radius 1 is 1.60 bits per heavy atom. The molecule has 15 heavy (non-hydrogen) atoms. The molecule has 0 saturated heterocycles. The van der Waals surface area contributed by atoms with Crippen LogP contribution in [-0.4, -0.2) is 28.7 Å². The highest BCUT2D eigenvalue weighted by molar-refractivity contribution is 5.94. The van der Waals surface area contributed by atoms with Gasteiger partial charge in [0, 0.05) is 13.0 Å². The molecule has 0 aliphatic carbocycles. The number of carboxylic acid groups (broad SMARTS) is 1. The van der Waals surface area contributed by atoms with Gasteiger partial charge in [-0.2, -0.15) is 0 Å². The molecule has 0 aromatic carbocycles. The molecule has 0 unspecified atom stereocenters.